The molecular formula is C18H16ClFN2OS. The van der Waals surface area contributed by atoms with Crippen LogP contribution in [0.15, 0.2) is 36.4 Å². The van der Waals surface area contributed by atoms with E-state index in [0.29, 0.717) is 16.6 Å². The zero-order chi connectivity index (χ0) is 17.1. The normalized spacial score (nSPS) is 24.9. The second-order valence-electron chi connectivity index (χ2n) is 6.43. The van der Waals surface area contributed by atoms with Crippen LogP contribution in [-0.2, 0) is 0 Å². The average Bonchev–Trinajstić information content (AvgIpc) is 2.50. The summed E-state index contributed by atoms with van der Waals surface area (Å²) in [7, 11) is 0. The van der Waals surface area contributed by atoms with Gasteiger partial charge in [0.1, 0.15) is 11.6 Å². The van der Waals surface area contributed by atoms with Gasteiger partial charge in [-0.15, -0.1) is 0 Å². The molecule has 2 bridgehead atoms. The lowest BCUT2D eigenvalue weighted by molar-refractivity contribution is 0.0497. The fourth-order valence-electron chi connectivity index (χ4n) is 3.58. The van der Waals surface area contributed by atoms with Crippen LogP contribution < -0.4 is 15.0 Å². The number of hydrogen-bond donors (Lipinski definition) is 1. The largest absolute Gasteiger partial charge is 0.467 e. The van der Waals surface area contributed by atoms with Gasteiger partial charge in [-0.3, -0.25) is 4.90 Å². The second-order valence-corrected chi connectivity index (χ2v) is 7.25. The summed E-state index contributed by atoms with van der Waals surface area (Å²) in [5, 5.41) is 4.61. The molecule has 1 fully saturated rings. The van der Waals surface area contributed by atoms with E-state index in [9.17, 15) is 4.39 Å². The number of halogens is 2. The molecule has 2 atom stereocenters. The van der Waals surface area contributed by atoms with E-state index in [0.717, 1.165) is 22.6 Å². The summed E-state index contributed by atoms with van der Waals surface area (Å²) >= 11 is 11.7. The number of fused-ring (bicyclic) bond motifs is 4. The van der Waals surface area contributed by atoms with Crippen molar-refractivity contribution in [3.63, 3.8) is 0 Å². The minimum Gasteiger partial charge on any atom is -0.467 e. The first-order valence-electron chi connectivity index (χ1n) is 7.73. The molecule has 2 heterocycles. The Kier molecular flexibility index (Phi) is 3.48. The Morgan fingerprint density at radius 3 is 2.88 bits per heavy atom. The van der Waals surface area contributed by atoms with Gasteiger partial charge in [-0.25, -0.2) is 4.39 Å². The third-order valence-electron chi connectivity index (χ3n) is 4.63. The fourth-order valence-corrected chi connectivity index (χ4v) is 4.19. The SMILES string of the molecule is Cc1cc(F)ccc1N1C(=S)NC2CC1(C)Oc1ccc(Cl)cc12. The molecule has 2 aromatic rings. The van der Waals surface area contributed by atoms with Gasteiger partial charge in [0.15, 0.2) is 10.8 Å². The van der Waals surface area contributed by atoms with Gasteiger partial charge in [0.05, 0.1) is 11.7 Å². The maximum atomic E-state index is 13.5. The van der Waals surface area contributed by atoms with Crippen molar-refractivity contribution in [3.05, 3.63) is 58.4 Å². The first-order valence-corrected chi connectivity index (χ1v) is 8.51. The fraction of sp³-hybridized carbons (Fsp3) is 0.278. The first kappa shape index (κ1) is 15.7. The summed E-state index contributed by atoms with van der Waals surface area (Å²) in [4.78, 5) is 1.94. The standard InChI is InChI=1S/C18H16ClFN2OS/c1-10-7-12(20)4-5-15(10)22-17(24)21-14-9-18(22,2)23-16-6-3-11(19)8-13(14)16/h3-8,14H,9H2,1-2H3,(H,21,24). The predicted molar refractivity (Wildman–Crippen MR) is 97.2 cm³/mol. The van der Waals surface area contributed by atoms with E-state index in [-0.39, 0.29) is 11.9 Å². The zero-order valence-electron chi connectivity index (χ0n) is 13.3. The number of aryl methyl sites for hydroxylation is 1. The Bertz CT molecular complexity index is 859. The predicted octanol–water partition coefficient (Wildman–Crippen LogP) is 4.72. The Morgan fingerprint density at radius 2 is 2.12 bits per heavy atom. The van der Waals surface area contributed by atoms with E-state index >= 15 is 0 Å². The van der Waals surface area contributed by atoms with E-state index in [1.54, 1.807) is 6.07 Å². The van der Waals surface area contributed by atoms with Crippen molar-refractivity contribution in [2.24, 2.45) is 0 Å². The Labute approximate surface area is 150 Å². The van der Waals surface area contributed by atoms with Crippen molar-refractivity contribution in [1.29, 1.82) is 0 Å². The molecule has 0 spiro atoms. The Balaban J connectivity index is 1.82. The number of nitrogens with one attached hydrogen (secondary N) is 1. The third kappa shape index (κ3) is 2.34. The molecule has 0 aromatic heterocycles. The van der Waals surface area contributed by atoms with Crippen LogP contribution in [0.5, 0.6) is 5.75 Å². The zero-order valence-corrected chi connectivity index (χ0v) is 14.8. The molecule has 0 saturated carbocycles. The smallest absolute Gasteiger partial charge is 0.188 e. The summed E-state index contributed by atoms with van der Waals surface area (Å²) in [5.74, 6) is 0.526. The van der Waals surface area contributed by atoms with Crippen LogP contribution in [0.4, 0.5) is 10.1 Å². The lowest BCUT2D eigenvalue weighted by Crippen LogP contribution is -2.65. The number of thiocarbonyl (C=S) groups is 1. The minimum atomic E-state index is -0.642. The van der Waals surface area contributed by atoms with Crippen LogP contribution in [0, 0.1) is 12.7 Å². The molecule has 2 aliphatic heterocycles. The van der Waals surface area contributed by atoms with Crippen molar-refractivity contribution in [2.45, 2.75) is 32.0 Å². The maximum Gasteiger partial charge on any atom is 0.188 e. The molecule has 124 valence electrons. The third-order valence-corrected chi connectivity index (χ3v) is 5.17. The number of hydrogen-bond acceptors (Lipinski definition) is 2. The van der Waals surface area contributed by atoms with Crippen LogP contribution in [0.25, 0.3) is 0 Å². The van der Waals surface area contributed by atoms with E-state index in [1.807, 2.05) is 36.9 Å². The van der Waals surface area contributed by atoms with Crippen molar-refractivity contribution < 1.29 is 9.13 Å². The van der Waals surface area contributed by atoms with Gasteiger partial charge in [0.25, 0.3) is 0 Å². The molecule has 24 heavy (non-hydrogen) atoms. The summed E-state index contributed by atoms with van der Waals surface area (Å²) in [6, 6.07) is 10.3. The van der Waals surface area contributed by atoms with Gasteiger partial charge in [-0.05, 0) is 68.0 Å². The molecule has 3 nitrogen and oxygen atoms in total. The van der Waals surface area contributed by atoms with Crippen LogP contribution >= 0.6 is 23.8 Å². The molecule has 2 aromatic carbocycles. The lowest BCUT2D eigenvalue weighted by atomic mass is 9.90. The molecule has 1 N–H and O–H groups in total. The van der Waals surface area contributed by atoms with Gasteiger partial charge in [0, 0.05) is 17.0 Å². The van der Waals surface area contributed by atoms with Crippen LogP contribution in [0.1, 0.15) is 30.5 Å². The quantitative estimate of drug-likeness (QED) is 0.742. The molecule has 0 radical (unpaired) electrons. The van der Waals surface area contributed by atoms with Crippen LogP contribution in [0.3, 0.4) is 0 Å². The highest BCUT2D eigenvalue weighted by Crippen LogP contribution is 2.46. The van der Waals surface area contributed by atoms with Crippen LogP contribution in [-0.4, -0.2) is 10.8 Å². The summed E-state index contributed by atoms with van der Waals surface area (Å²) in [5.41, 5.74) is 2.02. The summed E-state index contributed by atoms with van der Waals surface area (Å²) in [6.07, 6.45) is 0.706. The highest BCUT2D eigenvalue weighted by atomic mass is 35.5. The number of nitrogens with zero attached hydrogens (tertiary/aromatic N) is 1. The molecule has 6 heteroatoms. The second kappa shape index (κ2) is 5.33. The topological polar surface area (TPSA) is 24.5 Å². The van der Waals surface area contributed by atoms with Gasteiger partial charge >= 0.3 is 0 Å². The highest BCUT2D eigenvalue weighted by molar-refractivity contribution is 7.80. The Morgan fingerprint density at radius 1 is 1.33 bits per heavy atom. The maximum absolute atomic E-state index is 13.5. The van der Waals surface area contributed by atoms with E-state index in [1.165, 1.54) is 12.1 Å². The molecule has 2 aliphatic rings. The molecule has 2 unspecified atom stereocenters. The van der Waals surface area contributed by atoms with Gasteiger partial charge < -0.3 is 10.1 Å². The first-order chi connectivity index (χ1) is 11.4. The van der Waals surface area contributed by atoms with Crippen LogP contribution in [0.2, 0.25) is 5.02 Å². The minimum absolute atomic E-state index is 0.0435. The van der Waals surface area contributed by atoms with E-state index < -0.39 is 5.72 Å². The van der Waals surface area contributed by atoms with Crippen molar-refractivity contribution >= 4 is 34.6 Å². The van der Waals surface area contributed by atoms with E-state index in [2.05, 4.69) is 5.32 Å². The monoisotopic (exact) mass is 362 g/mol. The number of anilines is 1. The van der Waals surface area contributed by atoms with Gasteiger partial charge in [-0.2, -0.15) is 0 Å². The number of ether oxygens (including phenoxy) is 1. The molecule has 0 amide bonds. The lowest BCUT2D eigenvalue weighted by Gasteiger charge is -2.52. The van der Waals surface area contributed by atoms with Crippen molar-refractivity contribution in [2.75, 3.05) is 4.90 Å². The average molecular weight is 363 g/mol. The van der Waals surface area contributed by atoms with Gasteiger partial charge in [-0.1, -0.05) is 11.6 Å². The van der Waals surface area contributed by atoms with E-state index in [4.69, 9.17) is 28.6 Å². The van der Waals surface area contributed by atoms with Crippen molar-refractivity contribution in [3.8, 4) is 5.75 Å². The van der Waals surface area contributed by atoms with Crippen molar-refractivity contribution in [1.82, 2.24) is 5.32 Å². The van der Waals surface area contributed by atoms with Gasteiger partial charge in [0.2, 0.25) is 0 Å². The number of rotatable bonds is 1. The summed E-state index contributed by atoms with van der Waals surface area (Å²) < 4.78 is 19.8. The highest BCUT2D eigenvalue weighted by Gasteiger charge is 2.48. The Hall–Kier alpha value is -1.85. The number of benzene rings is 2. The molecule has 0 aliphatic carbocycles. The summed E-state index contributed by atoms with van der Waals surface area (Å²) in [6.45, 7) is 3.88. The molecule has 1 saturated heterocycles. The molecule has 4 rings (SSSR count). The molecular weight excluding hydrogens is 347 g/mol.